The van der Waals surface area contributed by atoms with Gasteiger partial charge in [-0.15, -0.1) is 0 Å². The van der Waals surface area contributed by atoms with Crippen molar-refractivity contribution in [3.05, 3.63) is 106 Å². The highest BCUT2D eigenvalue weighted by molar-refractivity contribution is 6.04. The first kappa shape index (κ1) is 18.4. The molecule has 4 rings (SSSR count). The number of anilines is 1. The average molecular weight is 385 g/mol. The fourth-order valence-corrected chi connectivity index (χ4v) is 2.96. The van der Waals surface area contributed by atoms with Gasteiger partial charge in [0, 0.05) is 17.8 Å². The molecule has 0 saturated carbocycles. The number of ether oxygens (including phenoxy) is 1. The Bertz CT molecular complexity index is 1230. The summed E-state index contributed by atoms with van der Waals surface area (Å²) in [5.74, 6) is 0.280. The Morgan fingerprint density at radius 2 is 1.79 bits per heavy atom. The quantitative estimate of drug-likeness (QED) is 0.567. The number of amides is 1. The zero-order chi connectivity index (χ0) is 20.2. The van der Waals surface area contributed by atoms with E-state index in [1.807, 2.05) is 49.4 Å². The van der Waals surface area contributed by atoms with Crippen molar-refractivity contribution in [1.82, 2.24) is 9.38 Å². The first-order valence-electron chi connectivity index (χ1n) is 9.17. The third-order valence-corrected chi connectivity index (χ3v) is 4.42. The van der Waals surface area contributed by atoms with Crippen LogP contribution in [0.4, 0.5) is 5.69 Å². The minimum Gasteiger partial charge on any atom is -0.485 e. The Morgan fingerprint density at radius 3 is 2.62 bits per heavy atom. The first-order chi connectivity index (χ1) is 14.1. The number of nitrogens with zero attached hydrogens (tertiary/aromatic N) is 2. The topological polar surface area (TPSA) is 72.7 Å². The number of aromatic nitrogens is 2. The largest absolute Gasteiger partial charge is 0.485 e. The Hall–Kier alpha value is -3.93. The summed E-state index contributed by atoms with van der Waals surface area (Å²) in [6.45, 7) is 2.05. The number of carbonyl (C=O) groups excluding carboxylic acids is 1. The monoisotopic (exact) mass is 385 g/mol. The third kappa shape index (κ3) is 4.16. The van der Waals surface area contributed by atoms with Crippen LogP contribution >= 0.6 is 0 Å². The maximum absolute atomic E-state index is 12.4. The highest BCUT2D eigenvalue weighted by atomic mass is 16.5. The Labute approximate surface area is 167 Å². The van der Waals surface area contributed by atoms with Crippen LogP contribution in [0.5, 0.6) is 5.75 Å². The summed E-state index contributed by atoms with van der Waals surface area (Å²) in [5, 5.41) is 2.86. The van der Waals surface area contributed by atoms with Gasteiger partial charge in [-0.3, -0.25) is 14.0 Å². The van der Waals surface area contributed by atoms with Crippen LogP contribution in [0.1, 0.15) is 21.6 Å². The van der Waals surface area contributed by atoms with Gasteiger partial charge in [-0.1, -0.05) is 30.3 Å². The van der Waals surface area contributed by atoms with Gasteiger partial charge in [0.1, 0.15) is 18.0 Å². The van der Waals surface area contributed by atoms with Gasteiger partial charge in [-0.25, -0.2) is 4.98 Å². The van der Waals surface area contributed by atoms with Crippen molar-refractivity contribution in [1.29, 1.82) is 0 Å². The van der Waals surface area contributed by atoms with E-state index in [9.17, 15) is 9.59 Å². The lowest BCUT2D eigenvalue weighted by atomic mass is 10.2. The molecule has 0 fully saturated rings. The molecule has 0 radical (unpaired) electrons. The molecule has 0 aliphatic carbocycles. The van der Waals surface area contributed by atoms with Gasteiger partial charge < -0.3 is 10.1 Å². The number of pyridine rings is 1. The minimum atomic E-state index is -0.223. The minimum absolute atomic E-state index is 0.109. The molecule has 144 valence electrons. The van der Waals surface area contributed by atoms with Gasteiger partial charge in [-0.05, 0) is 48.9 Å². The summed E-state index contributed by atoms with van der Waals surface area (Å²) in [4.78, 5) is 29.2. The molecule has 1 N–H and O–H groups in total. The van der Waals surface area contributed by atoms with Crippen LogP contribution in [0.2, 0.25) is 0 Å². The number of para-hydroxylation sites is 2. The second kappa shape index (κ2) is 7.98. The van der Waals surface area contributed by atoms with E-state index >= 15 is 0 Å². The molecule has 2 aromatic heterocycles. The normalized spacial score (nSPS) is 10.7. The van der Waals surface area contributed by atoms with Crippen LogP contribution in [0.15, 0.2) is 83.8 Å². The molecule has 1 amide bonds. The molecule has 0 spiro atoms. The lowest BCUT2D eigenvalue weighted by molar-refractivity contribution is 0.102. The van der Waals surface area contributed by atoms with Gasteiger partial charge >= 0.3 is 0 Å². The maximum Gasteiger partial charge on any atom is 0.258 e. The summed E-state index contributed by atoms with van der Waals surface area (Å²) in [5.41, 5.74) is 3.05. The number of nitrogens with one attached hydrogen (secondary N) is 1. The molecule has 4 aromatic rings. The maximum atomic E-state index is 12.4. The van der Waals surface area contributed by atoms with Gasteiger partial charge in [0.25, 0.3) is 11.5 Å². The van der Waals surface area contributed by atoms with E-state index in [4.69, 9.17) is 4.74 Å². The Kier molecular flexibility index (Phi) is 5.07. The average Bonchev–Trinajstić information content (AvgIpc) is 2.73. The molecule has 0 saturated heterocycles. The Morgan fingerprint density at radius 1 is 1.03 bits per heavy atom. The van der Waals surface area contributed by atoms with E-state index in [-0.39, 0.29) is 18.1 Å². The van der Waals surface area contributed by atoms with E-state index in [2.05, 4.69) is 10.3 Å². The van der Waals surface area contributed by atoms with Gasteiger partial charge in [0.15, 0.2) is 0 Å². The lowest BCUT2D eigenvalue weighted by Crippen LogP contribution is -2.16. The smallest absolute Gasteiger partial charge is 0.258 e. The molecule has 2 heterocycles. The summed E-state index contributed by atoms with van der Waals surface area (Å²) >= 11 is 0. The molecule has 0 aliphatic rings. The van der Waals surface area contributed by atoms with Crippen molar-refractivity contribution >= 4 is 17.2 Å². The van der Waals surface area contributed by atoms with Crippen LogP contribution in [-0.4, -0.2) is 15.3 Å². The predicted octanol–water partition coefficient (Wildman–Crippen LogP) is 3.83. The van der Waals surface area contributed by atoms with Crippen molar-refractivity contribution in [2.24, 2.45) is 0 Å². The number of benzene rings is 2. The molecule has 0 unspecified atom stereocenters. The zero-order valence-corrected chi connectivity index (χ0v) is 15.8. The molecule has 0 bridgehead atoms. The summed E-state index contributed by atoms with van der Waals surface area (Å²) in [7, 11) is 0. The van der Waals surface area contributed by atoms with Gasteiger partial charge in [0.2, 0.25) is 0 Å². The van der Waals surface area contributed by atoms with E-state index in [0.717, 1.165) is 5.56 Å². The van der Waals surface area contributed by atoms with E-state index < -0.39 is 0 Å². The standard InChI is InChI=1S/C23H19N3O3/c1-16-11-12-26-21(13-16)24-18(14-22(26)27)15-29-20-10-6-5-9-19(20)25-23(28)17-7-3-2-4-8-17/h2-14H,15H2,1H3,(H,25,28). The van der Waals surface area contributed by atoms with Crippen molar-refractivity contribution in [3.8, 4) is 5.75 Å². The number of hydrogen-bond acceptors (Lipinski definition) is 4. The molecular weight excluding hydrogens is 366 g/mol. The van der Waals surface area contributed by atoms with E-state index in [1.54, 1.807) is 30.5 Å². The second-order valence-electron chi connectivity index (χ2n) is 6.62. The first-order valence-corrected chi connectivity index (χ1v) is 9.17. The second-order valence-corrected chi connectivity index (χ2v) is 6.62. The number of carbonyl (C=O) groups is 1. The van der Waals surface area contributed by atoms with E-state index in [0.29, 0.717) is 28.3 Å². The molecule has 0 aliphatic heterocycles. The molecular formula is C23H19N3O3. The molecule has 2 aromatic carbocycles. The summed E-state index contributed by atoms with van der Waals surface area (Å²) < 4.78 is 7.36. The number of rotatable bonds is 5. The van der Waals surface area contributed by atoms with Crippen molar-refractivity contribution in [2.45, 2.75) is 13.5 Å². The van der Waals surface area contributed by atoms with Crippen LogP contribution in [-0.2, 0) is 6.61 Å². The lowest BCUT2D eigenvalue weighted by Gasteiger charge is -2.12. The summed E-state index contributed by atoms with van der Waals surface area (Å²) in [6, 6.07) is 21.3. The predicted molar refractivity (Wildman–Crippen MR) is 111 cm³/mol. The van der Waals surface area contributed by atoms with Crippen LogP contribution in [0.3, 0.4) is 0 Å². The Balaban J connectivity index is 1.54. The third-order valence-electron chi connectivity index (χ3n) is 4.42. The number of hydrogen-bond donors (Lipinski definition) is 1. The molecule has 0 atom stereocenters. The zero-order valence-electron chi connectivity index (χ0n) is 15.8. The van der Waals surface area contributed by atoms with Crippen LogP contribution in [0, 0.1) is 6.92 Å². The highest BCUT2D eigenvalue weighted by Gasteiger charge is 2.10. The van der Waals surface area contributed by atoms with E-state index in [1.165, 1.54) is 10.5 Å². The number of fused-ring (bicyclic) bond motifs is 1. The SMILES string of the molecule is Cc1ccn2c(=O)cc(COc3ccccc3NC(=O)c3ccccc3)nc2c1. The number of aryl methyl sites for hydroxylation is 1. The highest BCUT2D eigenvalue weighted by Crippen LogP contribution is 2.25. The van der Waals surface area contributed by atoms with Crippen LogP contribution in [0.25, 0.3) is 5.65 Å². The fourth-order valence-electron chi connectivity index (χ4n) is 2.96. The fraction of sp³-hybridized carbons (Fsp3) is 0.0870. The molecule has 6 nitrogen and oxygen atoms in total. The van der Waals surface area contributed by atoms with Crippen molar-refractivity contribution in [2.75, 3.05) is 5.32 Å². The van der Waals surface area contributed by atoms with Crippen molar-refractivity contribution in [3.63, 3.8) is 0 Å². The molecule has 29 heavy (non-hydrogen) atoms. The molecule has 6 heteroatoms. The van der Waals surface area contributed by atoms with Gasteiger partial charge in [-0.2, -0.15) is 0 Å². The van der Waals surface area contributed by atoms with Crippen molar-refractivity contribution < 1.29 is 9.53 Å². The van der Waals surface area contributed by atoms with Gasteiger partial charge in [0.05, 0.1) is 11.4 Å². The summed E-state index contributed by atoms with van der Waals surface area (Å²) in [6.07, 6.45) is 1.71. The van der Waals surface area contributed by atoms with Crippen LogP contribution < -0.4 is 15.6 Å².